The summed E-state index contributed by atoms with van der Waals surface area (Å²) in [7, 11) is 0. The number of rotatable bonds is 3. The highest BCUT2D eigenvalue weighted by Gasteiger charge is 2.33. The van der Waals surface area contributed by atoms with Gasteiger partial charge in [-0.25, -0.2) is 0 Å². The monoisotopic (exact) mass is 322 g/mol. The maximum atomic E-state index is 9.75. The first-order chi connectivity index (χ1) is 9.07. The predicted octanol–water partition coefficient (Wildman–Crippen LogP) is 3.67. The number of halogens is 1. The molecule has 1 saturated carbocycles. The van der Waals surface area contributed by atoms with Gasteiger partial charge in [0.05, 0.1) is 23.8 Å². The maximum absolute atomic E-state index is 9.75. The lowest BCUT2D eigenvalue weighted by Crippen LogP contribution is -2.45. The molecule has 0 amide bonds. The quantitative estimate of drug-likeness (QED) is 0.892. The van der Waals surface area contributed by atoms with Gasteiger partial charge in [-0.15, -0.1) is 0 Å². The third-order valence-corrected chi connectivity index (χ3v) is 4.43. The van der Waals surface area contributed by atoms with Gasteiger partial charge in [0.2, 0.25) is 0 Å². The van der Waals surface area contributed by atoms with Crippen molar-refractivity contribution in [3.8, 4) is 6.07 Å². The Kier molecular flexibility index (Phi) is 4.49. The summed E-state index contributed by atoms with van der Waals surface area (Å²) in [6.45, 7) is 2.39. The standard InChI is InChI=1S/C15H19BrN2O/c1-11-2-4-15(10-19,5-3-11)18-14-7-12(9-17)6-13(16)8-14/h6-8,11,18-19H,2-5,10H2,1H3. The zero-order valence-electron chi connectivity index (χ0n) is 11.1. The van der Waals surface area contributed by atoms with Gasteiger partial charge in [-0.3, -0.25) is 0 Å². The molecule has 1 aromatic carbocycles. The fraction of sp³-hybridized carbons (Fsp3) is 0.533. The van der Waals surface area contributed by atoms with E-state index in [4.69, 9.17) is 5.26 Å². The van der Waals surface area contributed by atoms with E-state index in [2.05, 4.69) is 34.2 Å². The smallest absolute Gasteiger partial charge is 0.0992 e. The first-order valence-electron chi connectivity index (χ1n) is 6.67. The van der Waals surface area contributed by atoms with Crippen molar-refractivity contribution in [1.29, 1.82) is 5.26 Å². The highest BCUT2D eigenvalue weighted by Crippen LogP contribution is 2.35. The molecule has 1 aromatic rings. The average Bonchev–Trinajstić information content (AvgIpc) is 2.41. The van der Waals surface area contributed by atoms with Crippen LogP contribution in [-0.4, -0.2) is 17.3 Å². The molecule has 102 valence electrons. The van der Waals surface area contributed by atoms with Crippen LogP contribution in [0, 0.1) is 17.2 Å². The number of nitrogens with zero attached hydrogens (tertiary/aromatic N) is 1. The third-order valence-electron chi connectivity index (χ3n) is 3.97. The van der Waals surface area contributed by atoms with E-state index in [0.717, 1.165) is 41.8 Å². The Hall–Kier alpha value is -1.05. The van der Waals surface area contributed by atoms with Crippen molar-refractivity contribution in [1.82, 2.24) is 0 Å². The van der Waals surface area contributed by atoms with E-state index in [0.29, 0.717) is 5.56 Å². The van der Waals surface area contributed by atoms with Gasteiger partial charge in [0, 0.05) is 10.2 Å². The Morgan fingerprint density at radius 1 is 1.42 bits per heavy atom. The Morgan fingerprint density at radius 2 is 2.11 bits per heavy atom. The summed E-state index contributed by atoms with van der Waals surface area (Å²) in [6, 6.07) is 7.73. The lowest BCUT2D eigenvalue weighted by Gasteiger charge is -2.39. The number of benzene rings is 1. The van der Waals surface area contributed by atoms with Crippen LogP contribution in [0.3, 0.4) is 0 Å². The molecule has 0 aliphatic heterocycles. The minimum Gasteiger partial charge on any atom is -0.394 e. The Labute approximate surface area is 122 Å². The van der Waals surface area contributed by atoms with Crippen LogP contribution in [0.2, 0.25) is 0 Å². The van der Waals surface area contributed by atoms with E-state index < -0.39 is 0 Å². The van der Waals surface area contributed by atoms with E-state index in [1.165, 1.54) is 0 Å². The van der Waals surface area contributed by atoms with Gasteiger partial charge in [-0.2, -0.15) is 5.26 Å². The van der Waals surface area contributed by atoms with Crippen LogP contribution >= 0.6 is 15.9 Å². The fourth-order valence-electron chi connectivity index (χ4n) is 2.67. The van der Waals surface area contributed by atoms with Crippen LogP contribution in [0.15, 0.2) is 22.7 Å². The van der Waals surface area contributed by atoms with Crippen molar-refractivity contribution in [3.05, 3.63) is 28.2 Å². The predicted molar refractivity (Wildman–Crippen MR) is 79.9 cm³/mol. The van der Waals surface area contributed by atoms with Crippen LogP contribution < -0.4 is 5.32 Å². The van der Waals surface area contributed by atoms with Gasteiger partial charge in [0.15, 0.2) is 0 Å². The number of anilines is 1. The number of hydrogen-bond donors (Lipinski definition) is 2. The molecule has 1 aliphatic carbocycles. The molecule has 2 N–H and O–H groups in total. The summed E-state index contributed by atoms with van der Waals surface area (Å²) in [5.74, 6) is 0.735. The van der Waals surface area contributed by atoms with Crippen molar-refractivity contribution in [3.63, 3.8) is 0 Å². The molecule has 1 aliphatic rings. The van der Waals surface area contributed by atoms with Gasteiger partial charge in [0.1, 0.15) is 0 Å². The molecule has 0 spiro atoms. The van der Waals surface area contributed by atoms with E-state index in [9.17, 15) is 5.11 Å². The molecular weight excluding hydrogens is 304 g/mol. The summed E-state index contributed by atoms with van der Waals surface area (Å²) >= 11 is 3.41. The average molecular weight is 323 g/mol. The summed E-state index contributed by atoms with van der Waals surface area (Å²) in [5.41, 5.74) is 1.28. The molecule has 0 atom stereocenters. The Morgan fingerprint density at radius 3 is 2.68 bits per heavy atom. The third kappa shape index (κ3) is 3.49. The van der Waals surface area contributed by atoms with E-state index in [1.807, 2.05) is 12.1 Å². The zero-order chi connectivity index (χ0) is 13.9. The molecule has 0 unspecified atom stereocenters. The fourth-order valence-corrected chi connectivity index (χ4v) is 3.16. The minimum atomic E-state index is -0.236. The molecule has 0 heterocycles. The summed E-state index contributed by atoms with van der Waals surface area (Å²) < 4.78 is 0.881. The number of nitrogens with one attached hydrogen (secondary N) is 1. The van der Waals surface area contributed by atoms with Crippen LogP contribution in [0.1, 0.15) is 38.2 Å². The SMILES string of the molecule is CC1CCC(CO)(Nc2cc(Br)cc(C#N)c2)CC1. The van der Waals surface area contributed by atoms with Gasteiger partial charge in [-0.05, 0) is 49.8 Å². The van der Waals surface area contributed by atoms with Crippen LogP contribution in [0.4, 0.5) is 5.69 Å². The second kappa shape index (κ2) is 5.94. The molecule has 2 rings (SSSR count). The number of hydrogen-bond acceptors (Lipinski definition) is 3. The van der Waals surface area contributed by atoms with Gasteiger partial charge >= 0.3 is 0 Å². The van der Waals surface area contributed by atoms with E-state index in [-0.39, 0.29) is 12.1 Å². The topological polar surface area (TPSA) is 56.0 Å². The van der Waals surface area contributed by atoms with Crippen LogP contribution in [0.5, 0.6) is 0 Å². The second-order valence-electron chi connectivity index (χ2n) is 5.59. The van der Waals surface area contributed by atoms with Crippen molar-refractivity contribution < 1.29 is 5.11 Å². The molecule has 0 radical (unpaired) electrons. The van der Waals surface area contributed by atoms with Crippen LogP contribution in [0.25, 0.3) is 0 Å². The summed E-state index contributed by atoms with van der Waals surface area (Å²) in [6.07, 6.45) is 4.21. The van der Waals surface area contributed by atoms with Crippen molar-refractivity contribution in [2.24, 2.45) is 5.92 Å². The normalized spacial score (nSPS) is 26.7. The zero-order valence-corrected chi connectivity index (χ0v) is 12.7. The molecule has 4 heteroatoms. The van der Waals surface area contributed by atoms with Gasteiger partial charge in [-0.1, -0.05) is 22.9 Å². The van der Waals surface area contributed by atoms with Gasteiger partial charge in [0.25, 0.3) is 0 Å². The van der Waals surface area contributed by atoms with E-state index in [1.54, 1.807) is 6.07 Å². The van der Waals surface area contributed by atoms with E-state index >= 15 is 0 Å². The Bertz CT molecular complexity index is 487. The van der Waals surface area contributed by atoms with Crippen LogP contribution in [-0.2, 0) is 0 Å². The summed E-state index contributed by atoms with van der Waals surface area (Å²) in [4.78, 5) is 0. The molecule has 0 saturated heterocycles. The van der Waals surface area contributed by atoms with Crippen molar-refractivity contribution >= 4 is 21.6 Å². The molecule has 0 bridgehead atoms. The molecule has 3 nitrogen and oxygen atoms in total. The Balaban J connectivity index is 2.19. The lowest BCUT2D eigenvalue weighted by molar-refractivity contribution is 0.155. The maximum Gasteiger partial charge on any atom is 0.0992 e. The second-order valence-corrected chi connectivity index (χ2v) is 6.50. The highest BCUT2D eigenvalue weighted by molar-refractivity contribution is 9.10. The molecular formula is C15H19BrN2O. The number of nitriles is 1. The van der Waals surface area contributed by atoms with Crippen molar-refractivity contribution in [2.45, 2.75) is 38.1 Å². The highest BCUT2D eigenvalue weighted by atomic mass is 79.9. The van der Waals surface area contributed by atoms with Gasteiger partial charge < -0.3 is 10.4 Å². The molecule has 0 aromatic heterocycles. The molecule has 19 heavy (non-hydrogen) atoms. The number of aliphatic hydroxyl groups excluding tert-OH is 1. The molecule has 1 fully saturated rings. The lowest BCUT2D eigenvalue weighted by atomic mass is 9.77. The first kappa shape index (κ1) is 14.4. The first-order valence-corrected chi connectivity index (χ1v) is 7.46. The minimum absolute atomic E-state index is 0.133. The summed E-state index contributed by atoms with van der Waals surface area (Å²) in [5, 5.41) is 22.2. The van der Waals surface area contributed by atoms with Crippen molar-refractivity contribution in [2.75, 3.05) is 11.9 Å². The largest absolute Gasteiger partial charge is 0.394 e. The number of aliphatic hydroxyl groups is 1.